The number of rotatable bonds is 16. The molecule has 24 heavy (non-hydrogen) atoms. The van der Waals surface area contributed by atoms with Crippen LogP contribution in [0.25, 0.3) is 0 Å². The standard InChI is InChI=1S/C18H41NO4P/c1-6-7-8-9-10-11-12-13-14-18(17-20)23-24(5,21)22-16-15-19(2,3)4/h18,20H,6-17H2,1-5H3/q+1. The maximum absolute atomic E-state index is 12.3. The molecule has 0 heterocycles. The molecular weight excluding hydrogens is 325 g/mol. The lowest BCUT2D eigenvalue weighted by Crippen LogP contribution is -2.37. The summed E-state index contributed by atoms with van der Waals surface area (Å²) in [4.78, 5) is 0. The van der Waals surface area contributed by atoms with Gasteiger partial charge in [-0.25, -0.2) is 0 Å². The molecule has 0 aliphatic rings. The molecule has 2 atom stereocenters. The van der Waals surface area contributed by atoms with E-state index in [2.05, 4.69) is 28.1 Å². The van der Waals surface area contributed by atoms with E-state index in [-0.39, 0.29) is 12.7 Å². The minimum atomic E-state index is -3.10. The van der Waals surface area contributed by atoms with E-state index in [1.165, 1.54) is 45.2 Å². The number of likely N-dealkylation sites (N-methyl/N-ethyl adjacent to an activating group) is 1. The summed E-state index contributed by atoms with van der Waals surface area (Å²) in [7, 11) is 3.08. The first-order valence-electron chi connectivity index (χ1n) is 9.52. The van der Waals surface area contributed by atoms with Gasteiger partial charge in [0, 0.05) is 6.66 Å². The van der Waals surface area contributed by atoms with Gasteiger partial charge in [0.2, 0.25) is 0 Å². The maximum atomic E-state index is 12.3. The number of aliphatic hydroxyl groups is 1. The fourth-order valence-corrected chi connectivity index (χ4v) is 3.65. The Morgan fingerprint density at radius 2 is 1.54 bits per heavy atom. The van der Waals surface area contributed by atoms with Gasteiger partial charge >= 0.3 is 7.60 Å². The van der Waals surface area contributed by atoms with E-state index in [1.807, 2.05) is 0 Å². The molecule has 2 unspecified atom stereocenters. The Kier molecular flexibility index (Phi) is 13.3. The second kappa shape index (κ2) is 13.3. The third-order valence-electron chi connectivity index (χ3n) is 4.01. The number of hydrogen-bond acceptors (Lipinski definition) is 4. The van der Waals surface area contributed by atoms with Crippen molar-refractivity contribution in [1.82, 2.24) is 0 Å². The number of nitrogens with zero attached hydrogens (tertiary/aromatic N) is 1. The molecule has 146 valence electrons. The molecule has 0 saturated carbocycles. The zero-order valence-corrected chi connectivity index (χ0v) is 17.5. The molecule has 0 aliphatic heterocycles. The van der Waals surface area contributed by atoms with Gasteiger partial charge in [0.1, 0.15) is 13.2 Å². The number of aliphatic hydroxyl groups excluding tert-OH is 1. The van der Waals surface area contributed by atoms with E-state index in [1.54, 1.807) is 0 Å². The van der Waals surface area contributed by atoms with Crippen molar-refractivity contribution >= 4 is 7.60 Å². The van der Waals surface area contributed by atoms with Crippen molar-refractivity contribution in [3.8, 4) is 0 Å². The monoisotopic (exact) mass is 366 g/mol. The molecule has 0 spiro atoms. The van der Waals surface area contributed by atoms with E-state index >= 15 is 0 Å². The van der Waals surface area contributed by atoms with Gasteiger partial charge in [-0.2, -0.15) is 0 Å². The predicted molar refractivity (Wildman–Crippen MR) is 102 cm³/mol. The van der Waals surface area contributed by atoms with Crippen molar-refractivity contribution in [1.29, 1.82) is 0 Å². The lowest BCUT2D eigenvalue weighted by Gasteiger charge is -2.25. The SMILES string of the molecule is CCCCCCCCCCC(CO)OP(C)(=O)OCC[N+](C)(C)C. The average molecular weight is 367 g/mol. The third-order valence-corrected chi connectivity index (χ3v) is 5.34. The minimum Gasteiger partial charge on any atom is -0.394 e. The third kappa shape index (κ3) is 15.6. The summed E-state index contributed by atoms with van der Waals surface area (Å²) < 4.78 is 24.1. The first-order chi connectivity index (χ1) is 11.2. The molecule has 0 aromatic rings. The molecule has 1 N–H and O–H groups in total. The predicted octanol–water partition coefficient (Wildman–Crippen LogP) is 4.44. The summed E-state index contributed by atoms with van der Waals surface area (Å²) in [6.45, 7) is 4.79. The lowest BCUT2D eigenvalue weighted by atomic mass is 10.1. The molecule has 0 rings (SSSR count). The molecule has 6 heteroatoms. The number of quaternary nitrogens is 1. The molecule has 0 fully saturated rings. The summed E-state index contributed by atoms with van der Waals surface area (Å²) in [5.41, 5.74) is 0. The van der Waals surface area contributed by atoms with Gasteiger partial charge in [-0.3, -0.25) is 4.57 Å². The van der Waals surface area contributed by atoms with Gasteiger partial charge in [-0.1, -0.05) is 58.3 Å². The molecule has 0 aliphatic carbocycles. The highest BCUT2D eigenvalue weighted by atomic mass is 31.2. The van der Waals surface area contributed by atoms with Gasteiger partial charge in [0.15, 0.2) is 0 Å². The largest absolute Gasteiger partial charge is 0.394 e. The summed E-state index contributed by atoms with van der Waals surface area (Å²) in [6.07, 6.45) is 10.3. The van der Waals surface area contributed by atoms with Crippen LogP contribution in [-0.4, -0.2) is 63.3 Å². The van der Waals surface area contributed by atoms with Crippen LogP contribution in [0, 0.1) is 0 Å². The molecule has 0 amide bonds. The summed E-state index contributed by atoms with van der Waals surface area (Å²) >= 11 is 0. The molecule has 0 aromatic carbocycles. The number of hydrogen-bond donors (Lipinski definition) is 1. The fraction of sp³-hybridized carbons (Fsp3) is 1.00. The van der Waals surface area contributed by atoms with Crippen molar-refractivity contribution in [2.24, 2.45) is 0 Å². The smallest absolute Gasteiger partial charge is 0.328 e. The second-order valence-corrected chi connectivity index (χ2v) is 9.80. The van der Waals surface area contributed by atoms with Crippen LogP contribution in [0.5, 0.6) is 0 Å². The molecule has 0 aromatic heterocycles. The van der Waals surface area contributed by atoms with Crippen LogP contribution in [0.3, 0.4) is 0 Å². The van der Waals surface area contributed by atoms with E-state index in [0.717, 1.165) is 30.3 Å². The Hall–Kier alpha value is 0.0700. The van der Waals surface area contributed by atoms with Crippen LogP contribution < -0.4 is 0 Å². The first kappa shape index (κ1) is 24.1. The van der Waals surface area contributed by atoms with Gasteiger partial charge in [0.05, 0.1) is 33.9 Å². The quantitative estimate of drug-likeness (QED) is 0.249. The Morgan fingerprint density at radius 1 is 1.00 bits per heavy atom. The zero-order valence-electron chi connectivity index (χ0n) is 16.6. The lowest BCUT2D eigenvalue weighted by molar-refractivity contribution is -0.870. The van der Waals surface area contributed by atoms with Gasteiger partial charge in [-0.05, 0) is 6.42 Å². The zero-order chi connectivity index (χ0) is 18.5. The van der Waals surface area contributed by atoms with Crippen LogP contribution in [0.1, 0.15) is 64.7 Å². The van der Waals surface area contributed by atoms with Crippen LogP contribution in [0.2, 0.25) is 0 Å². The normalized spacial score (nSPS) is 16.1. The van der Waals surface area contributed by atoms with Crippen LogP contribution >= 0.6 is 7.60 Å². The fourth-order valence-electron chi connectivity index (χ4n) is 2.46. The van der Waals surface area contributed by atoms with E-state index in [9.17, 15) is 9.67 Å². The highest BCUT2D eigenvalue weighted by Gasteiger charge is 2.23. The summed E-state index contributed by atoms with van der Waals surface area (Å²) in [5, 5.41) is 9.44. The van der Waals surface area contributed by atoms with E-state index in [4.69, 9.17) is 9.05 Å². The Labute approximate surface area is 149 Å². The minimum absolute atomic E-state index is 0.104. The van der Waals surface area contributed by atoms with Gasteiger partial charge in [0.25, 0.3) is 0 Å². The molecule has 0 radical (unpaired) electrons. The Bertz CT molecular complexity index is 344. The summed E-state index contributed by atoms with van der Waals surface area (Å²) in [5.74, 6) is 0. The average Bonchev–Trinajstić information content (AvgIpc) is 2.47. The topological polar surface area (TPSA) is 55.8 Å². The molecule has 0 saturated heterocycles. The number of unbranched alkanes of at least 4 members (excludes halogenated alkanes) is 7. The van der Waals surface area contributed by atoms with E-state index < -0.39 is 7.60 Å². The maximum Gasteiger partial charge on any atom is 0.328 e. The molecule has 5 nitrogen and oxygen atoms in total. The van der Waals surface area contributed by atoms with Crippen LogP contribution in [0.4, 0.5) is 0 Å². The van der Waals surface area contributed by atoms with Crippen molar-refractivity contribution < 1.29 is 23.2 Å². The second-order valence-electron chi connectivity index (χ2n) is 7.79. The molecular formula is C18H41NO4P+. The van der Waals surface area contributed by atoms with Crippen molar-refractivity contribution in [3.63, 3.8) is 0 Å². The van der Waals surface area contributed by atoms with Crippen LogP contribution in [-0.2, 0) is 13.6 Å². The van der Waals surface area contributed by atoms with E-state index in [0.29, 0.717) is 6.61 Å². The highest BCUT2D eigenvalue weighted by molar-refractivity contribution is 7.53. The van der Waals surface area contributed by atoms with Gasteiger partial charge < -0.3 is 18.6 Å². The Balaban J connectivity index is 3.85. The summed E-state index contributed by atoms with van der Waals surface area (Å²) in [6, 6.07) is 0. The molecule has 0 bridgehead atoms. The van der Waals surface area contributed by atoms with Crippen molar-refractivity contribution in [2.75, 3.05) is 47.6 Å². The van der Waals surface area contributed by atoms with Crippen molar-refractivity contribution in [3.05, 3.63) is 0 Å². The van der Waals surface area contributed by atoms with Crippen LogP contribution in [0.15, 0.2) is 0 Å². The van der Waals surface area contributed by atoms with Gasteiger partial charge in [-0.15, -0.1) is 0 Å². The Morgan fingerprint density at radius 3 is 2.04 bits per heavy atom. The first-order valence-corrected chi connectivity index (χ1v) is 11.5. The highest BCUT2D eigenvalue weighted by Crippen LogP contribution is 2.45. The van der Waals surface area contributed by atoms with Crippen molar-refractivity contribution in [2.45, 2.75) is 70.8 Å².